The molecule has 0 saturated heterocycles. The molecule has 1 heterocycles. The predicted molar refractivity (Wildman–Crippen MR) is 68.2 cm³/mol. The summed E-state index contributed by atoms with van der Waals surface area (Å²) in [5, 5.41) is -0.182. The summed E-state index contributed by atoms with van der Waals surface area (Å²) < 4.78 is 5.65. The highest BCUT2D eigenvalue weighted by Crippen LogP contribution is 2.30. The van der Waals surface area contributed by atoms with Gasteiger partial charge in [0, 0.05) is 5.56 Å². The van der Waals surface area contributed by atoms with E-state index in [0.29, 0.717) is 5.89 Å². The van der Waals surface area contributed by atoms with Gasteiger partial charge in [-0.3, -0.25) is 0 Å². The van der Waals surface area contributed by atoms with E-state index in [9.17, 15) is 0 Å². The molecule has 3 rings (SSSR count). The van der Waals surface area contributed by atoms with Crippen molar-refractivity contribution in [3.05, 3.63) is 41.4 Å². The number of halogens is 1. The Hall–Kier alpha value is -1.28. The Morgan fingerprint density at radius 3 is 2.88 bits per heavy atom. The molecule has 1 aromatic heterocycles. The van der Waals surface area contributed by atoms with Crippen molar-refractivity contribution in [1.29, 1.82) is 0 Å². The average Bonchev–Trinajstić information content (AvgIpc) is 2.97. The van der Waals surface area contributed by atoms with Crippen LogP contribution in [0.5, 0.6) is 0 Å². The van der Waals surface area contributed by atoms with Crippen LogP contribution in [0.15, 0.2) is 28.8 Å². The van der Waals surface area contributed by atoms with Crippen LogP contribution in [0.1, 0.15) is 35.7 Å². The number of aromatic nitrogens is 1. The van der Waals surface area contributed by atoms with Crippen LogP contribution in [0.2, 0.25) is 0 Å². The number of hydrogen-bond donors (Lipinski definition) is 0. The molecule has 0 N–H and O–H groups in total. The van der Waals surface area contributed by atoms with Gasteiger partial charge in [0.2, 0.25) is 5.89 Å². The van der Waals surface area contributed by atoms with E-state index < -0.39 is 0 Å². The molecular formula is C14H14ClNO. The van der Waals surface area contributed by atoms with E-state index >= 15 is 0 Å². The lowest BCUT2D eigenvalue weighted by atomic mass is 10.1. The Labute approximate surface area is 106 Å². The Balaban J connectivity index is 1.97. The lowest BCUT2D eigenvalue weighted by molar-refractivity contribution is 0.508. The normalized spacial score (nSPS) is 15.9. The van der Waals surface area contributed by atoms with E-state index in [1.807, 2.05) is 6.92 Å². The van der Waals surface area contributed by atoms with Crippen molar-refractivity contribution in [1.82, 2.24) is 4.98 Å². The number of benzene rings is 1. The van der Waals surface area contributed by atoms with Crippen molar-refractivity contribution in [2.75, 3.05) is 0 Å². The van der Waals surface area contributed by atoms with Gasteiger partial charge < -0.3 is 4.42 Å². The van der Waals surface area contributed by atoms with Crippen LogP contribution in [0.25, 0.3) is 11.3 Å². The molecule has 3 heteroatoms. The van der Waals surface area contributed by atoms with Gasteiger partial charge >= 0.3 is 0 Å². The van der Waals surface area contributed by atoms with Crippen molar-refractivity contribution in [2.24, 2.45) is 0 Å². The number of aryl methyl sites for hydroxylation is 2. The average molecular weight is 248 g/mol. The van der Waals surface area contributed by atoms with E-state index in [1.165, 1.54) is 30.4 Å². The third-order valence-electron chi connectivity index (χ3n) is 3.25. The summed E-state index contributed by atoms with van der Waals surface area (Å²) in [6.07, 6.45) is 5.40. The van der Waals surface area contributed by atoms with E-state index in [2.05, 4.69) is 23.2 Å². The van der Waals surface area contributed by atoms with Crippen molar-refractivity contribution >= 4 is 11.6 Å². The van der Waals surface area contributed by atoms with E-state index in [1.54, 1.807) is 6.20 Å². The number of alkyl halides is 1. The first kappa shape index (κ1) is 10.8. The van der Waals surface area contributed by atoms with Crippen molar-refractivity contribution < 1.29 is 4.42 Å². The van der Waals surface area contributed by atoms with Gasteiger partial charge in [-0.25, -0.2) is 4.98 Å². The molecule has 2 nitrogen and oxygen atoms in total. The van der Waals surface area contributed by atoms with Crippen LogP contribution in [-0.4, -0.2) is 4.98 Å². The molecule has 1 aromatic carbocycles. The van der Waals surface area contributed by atoms with Crippen LogP contribution in [0.4, 0.5) is 0 Å². The number of fused-ring (bicyclic) bond motifs is 1. The van der Waals surface area contributed by atoms with E-state index in [4.69, 9.17) is 16.0 Å². The molecule has 0 fully saturated rings. The predicted octanol–water partition coefficient (Wildman–Crippen LogP) is 4.13. The Bertz CT molecular complexity index is 545. The van der Waals surface area contributed by atoms with Crippen LogP contribution >= 0.6 is 11.6 Å². The van der Waals surface area contributed by atoms with Gasteiger partial charge in [0.05, 0.1) is 6.20 Å². The van der Waals surface area contributed by atoms with Gasteiger partial charge in [0.25, 0.3) is 0 Å². The highest BCUT2D eigenvalue weighted by Gasteiger charge is 2.14. The monoisotopic (exact) mass is 247 g/mol. The van der Waals surface area contributed by atoms with Crippen molar-refractivity contribution in [3.63, 3.8) is 0 Å². The zero-order valence-electron chi connectivity index (χ0n) is 9.74. The number of oxazole rings is 1. The minimum atomic E-state index is -0.182. The summed E-state index contributed by atoms with van der Waals surface area (Å²) in [7, 11) is 0. The van der Waals surface area contributed by atoms with Gasteiger partial charge in [0.1, 0.15) is 5.38 Å². The molecule has 1 atom stereocenters. The third-order valence-corrected chi connectivity index (χ3v) is 3.43. The fourth-order valence-corrected chi connectivity index (χ4v) is 2.43. The number of rotatable bonds is 2. The minimum absolute atomic E-state index is 0.182. The zero-order chi connectivity index (χ0) is 11.8. The summed E-state index contributed by atoms with van der Waals surface area (Å²) in [5.41, 5.74) is 4.01. The van der Waals surface area contributed by atoms with Gasteiger partial charge in [-0.05, 0) is 43.4 Å². The smallest absolute Gasteiger partial charge is 0.212 e. The van der Waals surface area contributed by atoms with Crippen molar-refractivity contribution in [3.8, 4) is 11.3 Å². The van der Waals surface area contributed by atoms with Crippen LogP contribution in [-0.2, 0) is 12.8 Å². The number of nitrogens with zero attached hydrogens (tertiary/aromatic N) is 1. The minimum Gasteiger partial charge on any atom is -0.439 e. The maximum absolute atomic E-state index is 5.94. The highest BCUT2D eigenvalue weighted by molar-refractivity contribution is 6.20. The first-order valence-electron chi connectivity index (χ1n) is 5.96. The molecular weight excluding hydrogens is 234 g/mol. The molecule has 0 radical (unpaired) electrons. The highest BCUT2D eigenvalue weighted by atomic mass is 35.5. The third kappa shape index (κ3) is 1.98. The second-order valence-corrected chi connectivity index (χ2v) is 5.17. The SMILES string of the molecule is CC(Cl)c1ncc(-c2ccc3c(c2)CCC3)o1. The summed E-state index contributed by atoms with van der Waals surface area (Å²) >= 11 is 5.94. The molecule has 88 valence electrons. The Kier molecular flexibility index (Phi) is 2.67. The summed E-state index contributed by atoms with van der Waals surface area (Å²) in [4.78, 5) is 4.19. The maximum Gasteiger partial charge on any atom is 0.212 e. The molecule has 0 amide bonds. The number of hydrogen-bond acceptors (Lipinski definition) is 2. The van der Waals surface area contributed by atoms with Crippen LogP contribution < -0.4 is 0 Å². The largest absolute Gasteiger partial charge is 0.439 e. The molecule has 0 saturated carbocycles. The van der Waals surface area contributed by atoms with Gasteiger partial charge in [0.15, 0.2) is 5.76 Å². The lowest BCUT2D eigenvalue weighted by Gasteiger charge is -2.02. The molecule has 2 aromatic rings. The second-order valence-electron chi connectivity index (χ2n) is 4.52. The van der Waals surface area contributed by atoms with E-state index in [0.717, 1.165) is 11.3 Å². The standard InChI is InChI=1S/C14H14ClNO/c1-9(15)14-16-8-13(17-14)12-6-5-10-3-2-4-11(10)7-12/h5-9H,2-4H2,1H3. The Morgan fingerprint density at radius 1 is 1.29 bits per heavy atom. The molecule has 1 aliphatic rings. The Morgan fingerprint density at radius 2 is 2.12 bits per heavy atom. The molecule has 1 unspecified atom stereocenters. The van der Waals surface area contributed by atoms with Gasteiger partial charge in [-0.2, -0.15) is 0 Å². The van der Waals surface area contributed by atoms with Gasteiger partial charge in [-0.1, -0.05) is 12.1 Å². The first-order valence-corrected chi connectivity index (χ1v) is 6.39. The first-order chi connectivity index (χ1) is 8.24. The molecule has 0 aliphatic heterocycles. The fourth-order valence-electron chi connectivity index (χ4n) is 2.33. The molecule has 17 heavy (non-hydrogen) atoms. The summed E-state index contributed by atoms with van der Waals surface area (Å²) in [5.74, 6) is 1.39. The summed E-state index contributed by atoms with van der Waals surface area (Å²) in [6, 6.07) is 6.52. The molecule has 1 aliphatic carbocycles. The second kappa shape index (κ2) is 4.19. The quantitative estimate of drug-likeness (QED) is 0.746. The summed E-state index contributed by atoms with van der Waals surface area (Å²) in [6.45, 7) is 1.86. The van der Waals surface area contributed by atoms with Crippen molar-refractivity contribution in [2.45, 2.75) is 31.6 Å². The van der Waals surface area contributed by atoms with Gasteiger partial charge in [-0.15, -0.1) is 11.6 Å². The topological polar surface area (TPSA) is 26.0 Å². The van der Waals surface area contributed by atoms with E-state index in [-0.39, 0.29) is 5.38 Å². The van der Waals surface area contributed by atoms with Crippen LogP contribution in [0, 0.1) is 0 Å². The zero-order valence-corrected chi connectivity index (χ0v) is 10.5. The fraction of sp³-hybridized carbons (Fsp3) is 0.357. The molecule has 0 spiro atoms. The maximum atomic E-state index is 5.94. The van der Waals surface area contributed by atoms with Crippen LogP contribution in [0.3, 0.4) is 0 Å². The lowest BCUT2D eigenvalue weighted by Crippen LogP contribution is -1.83. The molecule has 0 bridgehead atoms.